The predicted octanol–water partition coefficient (Wildman–Crippen LogP) is 1.46. The van der Waals surface area contributed by atoms with E-state index in [9.17, 15) is 4.21 Å². The molecule has 4 heteroatoms. The molecule has 1 aliphatic heterocycles. The maximum Gasteiger partial charge on any atom is 0.0244 e. The second kappa shape index (κ2) is 7.49. The lowest BCUT2D eigenvalue weighted by Crippen LogP contribution is -2.55. The summed E-state index contributed by atoms with van der Waals surface area (Å²) < 4.78 is 11.1. The fourth-order valence-corrected chi connectivity index (χ4v) is 3.04. The van der Waals surface area contributed by atoms with Gasteiger partial charge in [-0.05, 0) is 32.2 Å². The molecule has 1 N–H and O–H groups in total. The Morgan fingerprint density at radius 1 is 1.47 bits per heavy atom. The lowest BCUT2D eigenvalue weighted by molar-refractivity contribution is 0.132. The van der Waals surface area contributed by atoms with Crippen LogP contribution in [0.25, 0.3) is 0 Å². The van der Waals surface area contributed by atoms with E-state index in [1.54, 1.807) is 6.26 Å². The van der Waals surface area contributed by atoms with Crippen LogP contribution in [-0.4, -0.2) is 52.8 Å². The van der Waals surface area contributed by atoms with Crippen molar-refractivity contribution in [1.82, 2.24) is 10.2 Å². The van der Waals surface area contributed by atoms with E-state index < -0.39 is 10.8 Å². The molecule has 1 aliphatic rings. The molecule has 3 nitrogen and oxygen atoms in total. The van der Waals surface area contributed by atoms with E-state index in [0.717, 1.165) is 37.7 Å². The smallest absolute Gasteiger partial charge is 0.0244 e. The molecule has 3 unspecified atom stereocenters. The first-order chi connectivity index (χ1) is 7.99. The summed E-state index contributed by atoms with van der Waals surface area (Å²) in [6.45, 7) is 10.2. The molecule has 0 spiro atoms. The molecule has 1 rings (SSSR count). The minimum Gasteiger partial charge on any atom is -0.311 e. The summed E-state index contributed by atoms with van der Waals surface area (Å²) in [5.74, 6) is 1.59. The van der Waals surface area contributed by atoms with Crippen molar-refractivity contribution in [2.75, 3.05) is 31.6 Å². The standard InChI is InChI=1S/C13H28N2OS/c1-11(2)8-13-10-15(12(3)9-14-13)6-5-7-17(4)16/h11-14H,5-10H2,1-4H3. The summed E-state index contributed by atoms with van der Waals surface area (Å²) >= 11 is 0. The van der Waals surface area contributed by atoms with E-state index in [0.29, 0.717) is 12.1 Å². The van der Waals surface area contributed by atoms with Crippen LogP contribution in [0, 0.1) is 5.92 Å². The van der Waals surface area contributed by atoms with E-state index >= 15 is 0 Å². The van der Waals surface area contributed by atoms with Crippen LogP contribution in [0.1, 0.15) is 33.6 Å². The third-order valence-electron chi connectivity index (χ3n) is 3.41. The van der Waals surface area contributed by atoms with Crippen LogP contribution < -0.4 is 5.32 Å². The van der Waals surface area contributed by atoms with E-state index in [1.807, 2.05) is 0 Å². The van der Waals surface area contributed by atoms with E-state index in [-0.39, 0.29) is 0 Å². The van der Waals surface area contributed by atoms with Crippen molar-refractivity contribution in [2.45, 2.75) is 45.7 Å². The largest absolute Gasteiger partial charge is 0.311 e. The average Bonchev–Trinajstić information content (AvgIpc) is 2.21. The first-order valence-corrected chi connectivity index (χ1v) is 8.49. The topological polar surface area (TPSA) is 32.3 Å². The number of hydrogen-bond acceptors (Lipinski definition) is 3. The van der Waals surface area contributed by atoms with Gasteiger partial charge in [0, 0.05) is 48.0 Å². The Morgan fingerprint density at radius 3 is 2.76 bits per heavy atom. The lowest BCUT2D eigenvalue weighted by Gasteiger charge is -2.39. The molecule has 1 fully saturated rings. The van der Waals surface area contributed by atoms with Crippen LogP contribution in [0.15, 0.2) is 0 Å². The average molecular weight is 260 g/mol. The van der Waals surface area contributed by atoms with Gasteiger partial charge in [0.1, 0.15) is 0 Å². The van der Waals surface area contributed by atoms with Gasteiger partial charge in [-0.25, -0.2) is 0 Å². The molecule has 0 aromatic rings. The van der Waals surface area contributed by atoms with Crippen molar-refractivity contribution < 1.29 is 4.21 Å². The van der Waals surface area contributed by atoms with Gasteiger partial charge in [-0.3, -0.25) is 9.11 Å². The minimum absolute atomic E-state index is 0.615. The fourth-order valence-electron chi connectivity index (χ4n) is 2.50. The molecule has 1 heterocycles. The first kappa shape index (κ1) is 15.1. The molecule has 0 bridgehead atoms. The second-order valence-corrected chi connectivity index (χ2v) is 7.26. The van der Waals surface area contributed by atoms with E-state index in [4.69, 9.17) is 0 Å². The molecule has 0 aromatic carbocycles. The zero-order chi connectivity index (χ0) is 12.8. The van der Waals surface area contributed by atoms with Gasteiger partial charge in [-0.2, -0.15) is 0 Å². The number of rotatable bonds is 6. The van der Waals surface area contributed by atoms with Gasteiger partial charge >= 0.3 is 0 Å². The van der Waals surface area contributed by atoms with Crippen molar-refractivity contribution in [3.63, 3.8) is 0 Å². The van der Waals surface area contributed by atoms with Crippen molar-refractivity contribution in [2.24, 2.45) is 5.92 Å². The van der Waals surface area contributed by atoms with Gasteiger partial charge < -0.3 is 5.32 Å². The van der Waals surface area contributed by atoms with Gasteiger partial charge in [-0.15, -0.1) is 0 Å². The Hall–Kier alpha value is 0.0700. The summed E-state index contributed by atoms with van der Waals surface area (Å²) in [7, 11) is -0.641. The normalized spacial score (nSPS) is 28.5. The molecule has 0 radical (unpaired) electrons. The fraction of sp³-hybridized carbons (Fsp3) is 1.00. The van der Waals surface area contributed by atoms with Crippen LogP contribution in [0.4, 0.5) is 0 Å². The van der Waals surface area contributed by atoms with E-state index in [2.05, 4.69) is 31.0 Å². The highest BCUT2D eigenvalue weighted by molar-refractivity contribution is 7.84. The Labute approximate surface area is 109 Å². The molecular formula is C13H28N2OS. The molecule has 17 heavy (non-hydrogen) atoms. The Morgan fingerprint density at radius 2 is 2.18 bits per heavy atom. The van der Waals surface area contributed by atoms with Crippen LogP contribution in [0.3, 0.4) is 0 Å². The monoisotopic (exact) mass is 260 g/mol. The predicted molar refractivity (Wildman–Crippen MR) is 75.8 cm³/mol. The van der Waals surface area contributed by atoms with Crippen LogP contribution >= 0.6 is 0 Å². The molecule has 102 valence electrons. The lowest BCUT2D eigenvalue weighted by atomic mass is 10.00. The van der Waals surface area contributed by atoms with Gasteiger partial charge in [0.2, 0.25) is 0 Å². The highest BCUT2D eigenvalue weighted by atomic mass is 32.2. The van der Waals surface area contributed by atoms with Gasteiger partial charge in [0.15, 0.2) is 0 Å². The maximum absolute atomic E-state index is 11.1. The summed E-state index contributed by atoms with van der Waals surface area (Å²) in [6, 6.07) is 1.25. The number of nitrogens with zero attached hydrogens (tertiary/aromatic N) is 1. The molecule has 0 aromatic heterocycles. The van der Waals surface area contributed by atoms with Gasteiger partial charge in [-0.1, -0.05) is 13.8 Å². The SMILES string of the molecule is CC(C)CC1CN(CCCS(C)=O)C(C)CN1. The third-order valence-corrected chi connectivity index (χ3v) is 4.28. The molecular weight excluding hydrogens is 232 g/mol. The van der Waals surface area contributed by atoms with Crippen molar-refractivity contribution in [1.29, 1.82) is 0 Å². The molecule has 0 amide bonds. The van der Waals surface area contributed by atoms with Crippen LogP contribution in [-0.2, 0) is 10.8 Å². The Balaban J connectivity index is 2.32. The first-order valence-electron chi connectivity index (χ1n) is 6.76. The zero-order valence-corrected chi connectivity index (χ0v) is 12.6. The quantitative estimate of drug-likeness (QED) is 0.785. The minimum atomic E-state index is -0.641. The van der Waals surface area contributed by atoms with Gasteiger partial charge in [0.05, 0.1) is 0 Å². The molecule has 3 atom stereocenters. The zero-order valence-electron chi connectivity index (χ0n) is 11.7. The van der Waals surface area contributed by atoms with Crippen molar-refractivity contribution in [3.05, 3.63) is 0 Å². The Bertz CT molecular complexity index is 246. The summed E-state index contributed by atoms with van der Waals surface area (Å²) in [6.07, 6.45) is 4.10. The third kappa shape index (κ3) is 5.98. The highest BCUT2D eigenvalue weighted by Crippen LogP contribution is 2.13. The number of hydrogen-bond donors (Lipinski definition) is 1. The van der Waals surface area contributed by atoms with Crippen molar-refractivity contribution >= 4 is 10.8 Å². The van der Waals surface area contributed by atoms with Crippen LogP contribution in [0.2, 0.25) is 0 Å². The summed E-state index contributed by atoms with van der Waals surface area (Å²) in [4.78, 5) is 2.55. The second-order valence-electron chi connectivity index (χ2n) is 5.71. The molecule has 0 aliphatic carbocycles. The maximum atomic E-state index is 11.1. The summed E-state index contributed by atoms with van der Waals surface area (Å²) in [5, 5.41) is 3.63. The number of piperazine rings is 1. The van der Waals surface area contributed by atoms with Crippen molar-refractivity contribution in [3.8, 4) is 0 Å². The number of nitrogens with one attached hydrogen (secondary N) is 1. The molecule has 0 saturated carbocycles. The summed E-state index contributed by atoms with van der Waals surface area (Å²) in [5.41, 5.74) is 0. The van der Waals surface area contributed by atoms with Gasteiger partial charge in [0.25, 0.3) is 0 Å². The van der Waals surface area contributed by atoms with Crippen LogP contribution in [0.5, 0.6) is 0 Å². The highest BCUT2D eigenvalue weighted by Gasteiger charge is 2.24. The molecule has 1 saturated heterocycles. The van der Waals surface area contributed by atoms with E-state index in [1.165, 1.54) is 6.42 Å². The Kier molecular flexibility index (Phi) is 6.67.